The molecule has 2 aromatic carbocycles. The Hall–Kier alpha value is -3.06. The van der Waals surface area contributed by atoms with Crippen molar-refractivity contribution in [1.29, 1.82) is 0 Å². The zero-order valence-corrected chi connectivity index (χ0v) is 16.4. The molecule has 0 aliphatic heterocycles. The van der Waals surface area contributed by atoms with Crippen LogP contribution < -0.4 is 0 Å². The molecule has 4 rings (SSSR count). The molecule has 1 N–H and O–H groups in total. The van der Waals surface area contributed by atoms with Gasteiger partial charge < -0.3 is 14.3 Å². The minimum Gasteiger partial charge on any atom is -0.411 e. The van der Waals surface area contributed by atoms with Crippen LogP contribution in [-0.2, 0) is 4.79 Å². The van der Waals surface area contributed by atoms with Gasteiger partial charge >= 0.3 is 0 Å². The van der Waals surface area contributed by atoms with Gasteiger partial charge in [-0.2, -0.15) is 0 Å². The van der Waals surface area contributed by atoms with Crippen molar-refractivity contribution in [1.82, 2.24) is 20.1 Å². The average Bonchev–Trinajstić information content (AvgIpc) is 3.38. The first-order valence-corrected chi connectivity index (χ1v) is 9.95. The van der Waals surface area contributed by atoms with Crippen LogP contribution in [0.25, 0.3) is 22.4 Å². The predicted molar refractivity (Wildman–Crippen MR) is 110 cm³/mol. The summed E-state index contributed by atoms with van der Waals surface area (Å²) in [6.07, 6.45) is 1.85. The molecule has 1 unspecified atom stereocenters. The highest BCUT2D eigenvalue weighted by molar-refractivity contribution is 7.99. The van der Waals surface area contributed by atoms with Crippen molar-refractivity contribution in [2.45, 2.75) is 18.2 Å². The third-order valence-corrected chi connectivity index (χ3v) is 5.60. The minimum atomic E-state index is -0.00114. The number of fused-ring (bicyclic) bond motifs is 1. The molecule has 1 atom stereocenters. The standard InChI is InChI=1S/C21H20N4O2S/c1-14(15-8-4-3-5-9-15)25(2)19(26)13-28-21-24-23-20(27-21)17-12-22-18-11-7-6-10-16(17)18/h3-12,14,22H,13H2,1-2H3. The van der Waals surface area contributed by atoms with Crippen LogP contribution in [0, 0.1) is 0 Å². The van der Waals surface area contributed by atoms with Crippen LogP contribution in [0.4, 0.5) is 0 Å². The number of nitrogens with zero attached hydrogens (tertiary/aromatic N) is 3. The summed E-state index contributed by atoms with van der Waals surface area (Å²) in [6, 6.07) is 17.9. The van der Waals surface area contributed by atoms with E-state index in [0.717, 1.165) is 22.0 Å². The van der Waals surface area contributed by atoms with E-state index in [4.69, 9.17) is 4.42 Å². The van der Waals surface area contributed by atoms with Crippen molar-refractivity contribution >= 4 is 28.6 Å². The number of nitrogens with one attached hydrogen (secondary N) is 1. The zero-order chi connectivity index (χ0) is 19.5. The summed E-state index contributed by atoms with van der Waals surface area (Å²) in [5.74, 6) is 0.690. The molecule has 28 heavy (non-hydrogen) atoms. The summed E-state index contributed by atoms with van der Waals surface area (Å²) in [6.45, 7) is 2.01. The van der Waals surface area contributed by atoms with Gasteiger partial charge in [0.15, 0.2) is 0 Å². The Balaban J connectivity index is 1.41. The maximum absolute atomic E-state index is 12.6. The number of hydrogen-bond donors (Lipinski definition) is 1. The molecule has 2 aromatic heterocycles. The second-order valence-electron chi connectivity index (χ2n) is 6.50. The number of para-hydroxylation sites is 1. The largest absolute Gasteiger partial charge is 0.411 e. The highest BCUT2D eigenvalue weighted by Gasteiger charge is 2.19. The third-order valence-electron chi connectivity index (χ3n) is 4.80. The molecule has 0 fully saturated rings. The predicted octanol–water partition coefficient (Wildman–Crippen LogP) is 4.53. The van der Waals surface area contributed by atoms with Crippen molar-refractivity contribution in [2.24, 2.45) is 0 Å². The molecule has 142 valence electrons. The van der Waals surface area contributed by atoms with Gasteiger partial charge in [0.2, 0.25) is 5.91 Å². The summed E-state index contributed by atoms with van der Waals surface area (Å²) < 4.78 is 5.76. The Morgan fingerprint density at radius 3 is 2.71 bits per heavy atom. The van der Waals surface area contributed by atoms with Gasteiger partial charge in [-0.3, -0.25) is 4.79 Å². The van der Waals surface area contributed by atoms with Gasteiger partial charge in [0.25, 0.3) is 11.1 Å². The Kier molecular flexibility index (Phi) is 5.16. The lowest BCUT2D eigenvalue weighted by Crippen LogP contribution is -2.31. The van der Waals surface area contributed by atoms with Crippen molar-refractivity contribution in [3.8, 4) is 11.5 Å². The number of carbonyl (C=O) groups excluding carboxylic acids is 1. The molecule has 0 radical (unpaired) electrons. The van der Waals surface area contributed by atoms with Crippen molar-refractivity contribution in [3.05, 3.63) is 66.4 Å². The topological polar surface area (TPSA) is 75.0 Å². The van der Waals surface area contributed by atoms with E-state index in [1.807, 2.05) is 74.8 Å². The first-order chi connectivity index (χ1) is 13.6. The van der Waals surface area contributed by atoms with E-state index < -0.39 is 0 Å². The Labute approximate surface area is 167 Å². The van der Waals surface area contributed by atoms with Crippen molar-refractivity contribution in [3.63, 3.8) is 0 Å². The molecule has 0 spiro atoms. The first kappa shape index (κ1) is 18.3. The van der Waals surface area contributed by atoms with Crippen molar-refractivity contribution < 1.29 is 9.21 Å². The van der Waals surface area contributed by atoms with Crippen LogP contribution in [0.1, 0.15) is 18.5 Å². The van der Waals surface area contributed by atoms with Crippen LogP contribution >= 0.6 is 11.8 Å². The monoisotopic (exact) mass is 392 g/mol. The lowest BCUT2D eigenvalue weighted by atomic mass is 10.1. The summed E-state index contributed by atoms with van der Waals surface area (Å²) in [7, 11) is 1.81. The SMILES string of the molecule is CC(c1ccccc1)N(C)C(=O)CSc1nnc(-c2c[nH]c3ccccc23)o1. The number of benzene rings is 2. The molecule has 1 amide bonds. The van der Waals surface area contributed by atoms with Crippen LogP contribution in [-0.4, -0.2) is 38.8 Å². The van der Waals surface area contributed by atoms with Gasteiger partial charge in [-0.05, 0) is 18.6 Å². The van der Waals surface area contributed by atoms with Gasteiger partial charge in [-0.15, -0.1) is 10.2 Å². The number of aromatic nitrogens is 3. The Morgan fingerprint density at radius 1 is 1.14 bits per heavy atom. The van der Waals surface area contributed by atoms with Crippen LogP contribution in [0.2, 0.25) is 0 Å². The zero-order valence-electron chi connectivity index (χ0n) is 15.6. The van der Waals surface area contributed by atoms with Gasteiger partial charge in [0.05, 0.1) is 17.4 Å². The number of rotatable bonds is 6. The molecule has 2 heterocycles. The highest BCUT2D eigenvalue weighted by atomic mass is 32.2. The van der Waals surface area contributed by atoms with E-state index in [9.17, 15) is 4.79 Å². The average molecular weight is 392 g/mol. The number of carbonyl (C=O) groups is 1. The lowest BCUT2D eigenvalue weighted by molar-refractivity contribution is -0.128. The fraction of sp³-hybridized carbons (Fsp3) is 0.190. The van der Waals surface area contributed by atoms with Crippen LogP contribution in [0.15, 0.2) is 70.4 Å². The summed E-state index contributed by atoms with van der Waals surface area (Å²) in [5, 5.41) is 9.61. The normalized spacial score (nSPS) is 12.2. The lowest BCUT2D eigenvalue weighted by Gasteiger charge is -2.25. The van der Waals surface area contributed by atoms with E-state index in [2.05, 4.69) is 15.2 Å². The second-order valence-corrected chi connectivity index (χ2v) is 7.43. The highest BCUT2D eigenvalue weighted by Crippen LogP contribution is 2.29. The van der Waals surface area contributed by atoms with E-state index in [1.54, 1.807) is 4.90 Å². The van der Waals surface area contributed by atoms with Gasteiger partial charge in [-0.1, -0.05) is 60.3 Å². The molecule has 6 nitrogen and oxygen atoms in total. The Bertz CT molecular complexity index is 1090. The van der Waals surface area contributed by atoms with E-state index in [0.29, 0.717) is 11.1 Å². The van der Waals surface area contributed by atoms with E-state index in [-0.39, 0.29) is 17.7 Å². The van der Waals surface area contributed by atoms with Crippen LogP contribution in [0.3, 0.4) is 0 Å². The molecule has 0 saturated heterocycles. The van der Waals surface area contributed by atoms with Gasteiger partial charge in [0.1, 0.15) is 0 Å². The van der Waals surface area contributed by atoms with E-state index in [1.165, 1.54) is 11.8 Å². The fourth-order valence-corrected chi connectivity index (χ4v) is 3.71. The second kappa shape index (κ2) is 7.90. The maximum Gasteiger partial charge on any atom is 0.277 e. The minimum absolute atomic E-state index is 0.00114. The van der Waals surface area contributed by atoms with Gasteiger partial charge in [-0.25, -0.2) is 0 Å². The van der Waals surface area contributed by atoms with Gasteiger partial charge in [0, 0.05) is 24.1 Å². The number of aromatic amines is 1. The fourth-order valence-electron chi connectivity index (χ4n) is 3.02. The quantitative estimate of drug-likeness (QED) is 0.488. The smallest absolute Gasteiger partial charge is 0.277 e. The molecule has 0 aliphatic carbocycles. The van der Waals surface area contributed by atoms with Crippen LogP contribution in [0.5, 0.6) is 0 Å². The van der Waals surface area contributed by atoms with Crippen molar-refractivity contribution in [2.75, 3.05) is 12.8 Å². The molecular weight excluding hydrogens is 372 g/mol. The molecule has 0 aliphatic rings. The number of thioether (sulfide) groups is 1. The molecule has 0 saturated carbocycles. The molecule has 4 aromatic rings. The molecular formula is C21H20N4O2S. The first-order valence-electron chi connectivity index (χ1n) is 8.97. The summed E-state index contributed by atoms with van der Waals surface area (Å²) >= 11 is 1.25. The third kappa shape index (κ3) is 3.66. The summed E-state index contributed by atoms with van der Waals surface area (Å²) in [4.78, 5) is 17.5. The number of hydrogen-bond acceptors (Lipinski definition) is 5. The Morgan fingerprint density at radius 2 is 1.89 bits per heavy atom. The summed E-state index contributed by atoms with van der Waals surface area (Å²) in [5.41, 5.74) is 2.97. The molecule has 0 bridgehead atoms. The van der Waals surface area contributed by atoms with E-state index >= 15 is 0 Å². The maximum atomic E-state index is 12.6. The molecule has 7 heteroatoms. The number of amides is 1. The number of H-pyrrole nitrogens is 1.